The van der Waals surface area contributed by atoms with Gasteiger partial charge in [0.2, 0.25) is 0 Å². The summed E-state index contributed by atoms with van der Waals surface area (Å²) in [6.45, 7) is -0.271. The Hall–Kier alpha value is -2.24. The summed E-state index contributed by atoms with van der Waals surface area (Å²) in [5, 5.41) is 17.7. The summed E-state index contributed by atoms with van der Waals surface area (Å²) in [4.78, 5) is 23.0. The molecular weight excluding hydrogens is 226 g/mol. The molecule has 0 saturated heterocycles. The maximum atomic E-state index is 11.1. The Bertz CT molecular complexity index is 443. The molecule has 0 saturated carbocycles. The van der Waals surface area contributed by atoms with Gasteiger partial charge in [0, 0.05) is 7.05 Å². The van der Waals surface area contributed by atoms with Crippen molar-refractivity contribution in [2.45, 2.75) is 0 Å². The summed E-state index contributed by atoms with van der Waals surface area (Å²) in [5.41, 5.74) is 0.341. The molecule has 0 atom stereocenters. The van der Waals surface area contributed by atoms with Gasteiger partial charge in [0.1, 0.15) is 12.3 Å². The Labute approximate surface area is 98.0 Å². The third kappa shape index (κ3) is 3.10. The summed E-state index contributed by atoms with van der Waals surface area (Å²) in [5.74, 6) is -1.74. The van der Waals surface area contributed by atoms with Crippen LogP contribution < -0.4 is 9.64 Å². The molecule has 0 amide bonds. The summed E-state index contributed by atoms with van der Waals surface area (Å²) >= 11 is 0. The van der Waals surface area contributed by atoms with Crippen LogP contribution >= 0.6 is 0 Å². The van der Waals surface area contributed by atoms with Crippen LogP contribution in [0, 0.1) is 0 Å². The van der Waals surface area contributed by atoms with Crippen molar-refractivity contribution in [2.75, 3.05) is 25.6 Å². The molecule has 0 aliphatic carbocycles. The lowest BCUT2D eigenvalue weighted by Crippen LogP contribution is -2.26. The van der Waals surface area contributed by atoms with Crippen molar-refractivity contribution in [3.8, 4) is 5.75 Å². The van der Waals surface area contributed by atoms with Crippen LogP contribution in [0.5, 0.6) is 5.75 Å². The minimum Gasteiger partial charge on any atom is -0.497 e. The smallest absolute Gasteiger partial charge is 0.337 e. The molecular formula is C11H13NO5. The molecule has 0 aliphatic rings. The van der Waals surface area contributed by atoms with E-state index in [9.17, 15) is 9.59 Å². The van der Waals surface area contributed by atoms with Crippen molar-refractivity contribution >= 4 is 17.6 Å². The minimum atomic E-state index is -1.13. The number of carboxylic acid groups (broad SMARTS) is 2. The molecule has 0 heterocycles. The maximum absolute atomic E-state index is 11.1. The Morgan fingerprint density at radius 2 is 2.00 bits per heavy atom. The van der Waals surface area contributed by atoms with Crippen molar-refractivity contribution in [1.29, 1.82) is 0 Å². The average Bonchev–Trinajstić information content (AvgIpc) is 2.27. The summed E-state index contributed by atoms with van der Waals surface area (Å²) in [6, 6.07) is 4.46. The number of aliphatic carboxylic acids is 1. The van der Waals surface area contributed by atoms with E-state index in [1.165, 1.54) is 31.2 Å². The summed E-state index contributed by atoms with van der Waals surface area (Å²) in [7, 11) is 2.95. The number of benzene rings is 1. The van der Waals surface area contributed by atoms with Crippen LogP contribution in [0.2, 0.25) is 0 Å². The van der Waals surface area contributed by atoms with E-state index in [1.807, 2.05) is 0 Å². The quantitative estimate of drug-likeness (QED) is 0.794. The molecule has 2 N–H and O–H groups in total. The van der Waals surface area contributed by atoms with Gasteiger partial charge in [-0.25, -0.2) is 4.79 Å². The van der Waals surface area contributed by atoms with Crippen molar-refractivity contribution in [1.82, 2.24) is 0 Å². The molecule has 17 heavy (non-hydrogen) atoms. The van der Waals surface area contributed by atoms with Crippen LogP contribution in [0.25, 0.3) is 0 Å². The van der Waals surface area contributed by atoms with Gasteiger partial charge in [-0.15, -0.1) is 0 Å². The number of methoxy groups -OCH3 is 1. The second kappa shape index (κ2) is 5.20. The molecule has 0 bridgehead atoms. The first-order valence-electron chi connectivity index (χ1n) is 4.80. The molecule has 0 aliphatic heterocycles. The van der Waals surface area contributed by atoms with Gasteiger partial charge in [0.15, 0.2) is 0 Å². The van der Waals surface area contributed by atoms with Crippen LogP contribution in [0.15, 0.2) is 18.2 Å². The standard InChI is InChI=1S/C11H13NO5/c1-12(6-10(13)14)9-4-3-7(17-2)5-8(9)11(15)16/h3-5H,6H2,1-2H3,(H,13,14)(H,15,16). The molecule has 0 fully saturated rings. The number of ether oxygens (including phenoxy) is 1. The number of carbonyl (C=O) groups is 2. The van der Waals surface area contributed by atoms with E-state index < -0.39 is 11.9 Å². The van der Waals surface area contributed by atoms with Gasteiger partial charge >= 0.3 is 11.9 Å². The Balaban J connectivity index is 3.14. The average molecular weight is 239 g/mol. The molecule has 92 valence electrons. The van der Waals surface area contributed by atoms with Gasteiger partial charge in [-0.05, 0) is 18.2 Å². The highest BCUT2D eigenvalue weighted by atomic mass is 16.5. The monoisotopic (exact) mass is 239 g/mol. The Kier molecular flexibility index (Phi) is 3.92. The molecule has 6 heteroatoms. The number of hydrogen-bond donors (Lipinski definition) is 2. The zero-order valence-corrected chi connectivity index (χ0v) is 9.51. The first-order valence-corrected chi connectivity index (χ1v) is 4.80. The third-order valence-electron chi connectivity index (χ3n) is 2.22. The van der Waals surface area contributed by atoms with Crippen molar-refractivity contribution in [3.63, 3.8) is 0 Å². The van der Waals surface area contributed by atoms with Gasteiger partial charge in [0.05, 0.1) is 18.4 Å². The lowest BCUT2D eigenvalue weighted by Gasteiger charge is -2.19. The highest BCUT2D eigenvalue weighted by molar-refractivity contribution is 5.95. The first-order chi connectivity index (χ1) is 7.95. The van der Waals surface area contributed by atoms with E-state index in [2.05, 4.69) is 0 Å². The van der Waals surface area contributed by atoms with E-state index in [1.54, 1.807) is 6.07 Å². The zero-order valence-electron chi connectivity index (χ0n) is 9.51. The second-order valence-corrected chi connectivity index (χ2v) is 3.44. The van der Waals surface area contributed by atoms with E-state index in [0.717, 1.165) is 0 Å². The molecule has 1 aromatic carbocycles. The molecule has 0 unspecified atom stereocenters. The number of anilines is 1. The zero-order chi connectivity index (χ0) is 13.0. The number of nitrogens with zero attached hydrogens (tertiary/aromatic N) is 1. The van der Waals surface area contributed by atoms with Crippen LogP contribution in [-0.2, 0) is 4.79 Å². The predicted octanol–water partition coefficient (Wildman–Crippen LogP) is 0.914. The molecule has 6 nitrogen and oxygen atoms in total. The lowest BCUT2D eigenvalue weighted by atomic mass is 10.1. The van der Waals surface area contributed by atoms with Crippen LogP contribution in [0.4, 0.5) is 5.69 Å². The largest absolute Gasteiger partial charge is 0.497 e. The fourth-order valence-electron chi connectivity index (χ4n) is 1.43. The number of hydrogen-bond acceptors (Lipinski definition) is 4. The van der Waals surface area contributed by atoms with E-state index in [-0.39, 0.29) is 12.1 Å². The lowest BCUT2D eigenvalue weighted by molar-refractivity contribution is -0.135. The van der Waals surface area contributed by atoms with Gasteiger partial charge < -0.3 is 19.8 Å². The molecule has 1 aromatic rings. The van der Waals surface area contributed by atoms with E-state index in [0.29, 0.717) is 11.4 Å². The molecule has 1 rings (SSSR count). The maximum Gasteiger partial charge on any atom is 0.337 e. The van der Waals surface area contributed by atoms with Crippen molar-refractivity contribution in [3.05, 3.63) is 23.8 Å². The van der Waals surface area contributed by atoms with E-state index >= 15 is 0 Å². The third-order valence-corrected chi connectivity index (χ3v) is 2.22. The Morgan fingerprint density at radius 1 is 1.35 bits per heavy atom. The molecule has 0 radical (unpaired) electrons. The van der Waals surface area contributed by atoms with Crippen LogP contribution in [0.3, 0.4) is 0 Å². The topological polar surface area (TPSA) is 87.1 Å². The number of rotatable bonds is 5. The normalized spacial score (nSPS) is 9.76. The van der Waals surface area contributed by atoms with Crippen molar-refractivity contribution in [2.24, 2.45) is 0 Å². The highest BCUT2D eigenvalue weighted by Gasteiger charge is 2.16. The van der Waals surface area contributed by atoms with Crippen molar-refractivity contribution < 1.29 is 24.5 Å². The number of aromatic carboxylic acids is 1. The number of carboxylic acids is 2. The van der Waals surface area contributed by atoms with Crippen LogP contribution in [-0.4, -0.2) is 42.9 Å². The van der Waals surface area contributed by atoms with Crippen LogP contribution in [0.1, 0.15) is 10.4 Å². The minimum absolute atomic E-state index is 0.00750. The summed E-state index contributed by atoms with van der Waals surface area (Å²) < 4.78 is 4.92. The van der Waals surface area contributed by atoms with Gasteiger partial charge in [-0.2, -0.15) is 0 Å². The van der Waals surface area contributed by atoms with E-state index in [4.69, 9.17) is 14.9 Å². The Morgan fingerprint density at radius 3 is 2.47 bits per heavy atom. The summed E-state index contributed by atoms with van der Waals surface area (Å²) in [6.07, 6.45) is 0. The fourth-order valence-corrected chi connectivity index (χ4v) is 1.43. The van der Waals surface area contributed by atoms with Gasteiger partial charge in [-0.3, -0.25) is 4.79 Å². The highest BCUT2D eigenvalue weighted by Crippen LogP contribution is 2.24. The van der Waals surface area contributed by atoms with Gasteiger partial charge in [-0.1, -0.05) is 0 Å². The first kappa shape index (κ1) is 12.8. The van der Waals surface area contributed by atoms with Gasteiger partial charge in [0.25, 0.3) is 0 Å². The molecule has 0 spiro atoms. The predicted molar refractivity (Wildman–Crippen MR) is 60.9 cm³/mol. The fraction of sp³-hybridized carbons (Fsp3) is 0.273. The second-order valence-electron chi connectivity index (χ2n) is 3.44. The number of likely N-dealkylation sites (N-methyl/N-ethyl adjacent to an activating group) is 1. The SMILES string of the molecule is COc1ccc(N(C)CC(=O)O)c(C(=O)O)c1. The molecule has 0 aromatic heterocycles.